The van der Waals surface area contributed by atoms with Crippen molar-refractivity contribution >= 4 is 40.3 Å². The van der Waals surface area contributed by atoms with Gasteiger partial charge in [-0.3, -0.25) is 9.69 Å². The van der Waals surface area contributed by atoms with Gasteiger partial charge in [-0.05, 0) is 37.6 Å². The molecule has 0 aromatic heterocycles. The molecule has 6 heteroatoms. The fourth-order valence-corrected chi connectivity index (χ4v) is 3.34. The number of thioether (sulfide) groups is 1. The van der Waals surface area contributed by atoms with Crippen molar-refractivity contribution in [2.75, 3.05) is 13.7 Å². The summed E-state index contributed by atoms with van der Waals surface area (Å²) in [7, 11) is 1.59. The van der Waals surface area contributed by atoms with Crippen molar-refractivity contribution in [3.63, 3.8) is 0 Å². The zero-order valence-corrected chi connectivity index (χ0v) is 15.0. The largest absolute Gasteiger partial charge is 0.493 e. The Hall–Kier alpha value is -1.79. The van der Waals surface area contributed by atoms with Crippen LogP contribution in [-0.2, 0) is 4.79 Å². The van der Waals surface area contributed by atoms with Crippen LogP contribution in [0.5, 0.6) is 11.5 Å². The SMILES string of the molecule is C=CCN1C(=O)/C(=C\c2ccc(OC(C)C)c(OC)c2)SC1=S. The molecule has 0 bridgehead atoms. The zero-order valence-electron chi connectivity index (χ0n) is 13.4. The summed E-state index contributed by atoms with van der Waals surface area (Å²) in [6.45, 7) is 7.98. The van der Waals surface area contributed by atoms with E-state index >= 15 is 0 Å². The summed E-state index contributed by atoms with van der Waals surface area (Å²) in [6.07, 6.45) is 3.53. The topological polar surface area (TPSA) is 38.8 Å². The number of hydrogen-bond acceptors (Lipinski definition) is 5. The van der Waals surface area contributed by atoms with E-state index in [0.29, 0.717) is 27.3 Å². The Bertz CT molecular complexity index is 668. The predicted octanol–water partition coefficient (Wildman–Crippen LogP) is 3.87. The van der Waals surface area contributed by atoms with Gasteiger partial charge in [0.1, 0.15) is 4.32 Å². The van der Waals surface area contributed by atoms with Gasteiger partial charge in [0.15, 0.2) is 11.5 Å². The van der Waals surface area contributed by atoms with Gasteiger partial charge in [0.25, 0.3) is 5.91 Å². The van der Waals surface area contributed by atoms with Crippen molar-refractivity contribution in [2.45, 2.75) is 20.0 Å². The minimum atomic E-state index is -0.0960. The van der Waals surface area contributed by atoms with Gasteiger partial charge in [-0.15, -0.1) is 6.58 Å². The second kappa shape index (κ2) is 7.66. The molecule has 2 rings (SSSR count). The van der Waals surface area contributed by atoms with Gasteiger partial charge in [-0.1, -0.05) is 36.1 Å². The highest BCUT2D eigenvalue weighted by atomic mass is 32.2. The molecule has 23 heavy (non-hydrogen) atoms. The van der Waals surface area contributed by atoms with Gasteiger partial charge >= 0.3 is 0 Å². The molecule has 1 aromatic carbocycles. The fourth-order valence-electron chi connectivity index (χ4n) is 2.06. The standard InChI is InChI=1S/C17H19NO3S2/c1-5-8-18-16(19)15(23-17(18)22)10-12-6-7-13(21-11(2)3)14(9-12)20-4/h5-7,9-11H,1,8H2,2-4H3/b15-10+. The van der Waals surface area contributed by atoms with Gasteiger partial charge in [0, 0.05) is 6.54 Å². The second-order valence-electron chi connectivity index (χ2n) is 5.16. The van der Waals surface area contributed by atoms with Crippen LogP contribution in [0.3, 0.4) is 0 Å². The van der Waals surface area contributed by atoms with Crippen molar-refractivity contribution in [3.8, 4) is 11.5 Å². The number of carbonyl (C=O) groups is 1. The number of rotatable bonds is 6. The van der Waals surface area contributed by atoms with Crippen LogP contribution in [0.2, 0.25) is 0 Å². The second-order valence-corrected chi connectivity index (χ2v) is 6.83. The first-order chi connectivity index (χ1) is 11.0. The molecule has 1 amide bonds. The minimum absolute atomic E-state index is 0.0601. The van der Waals surface area contributed by atoms with E-state index in [2.05, 4.69) is 6.58 Å². The van der Waals surface area contributed by atoms with Crippen molar-refractivity contribution in [2.24, 2.45) is 0 Å². The summed E-state index contributed by atoms with van der Waals surface area (Å²) < 4.78 is 11.6. The number of benzene rings is 1. The Balaban J connectivity index is 2.27. The van der Waals surface area contributed by atoms with E-state index in [1.165, 1.54) is 16.7 Å². The highest BCUT2D eigenvalue weighted by molar-refractivity contribution is 8.26. The van der Waals surface area contributed by atoms with Gasteiger partial charge in [0.05, 0.1) is 18.1 Å². The van der Waals surface area contributed by atoms with Crippen molar-refractivity contribution < 1.29 is 14.3 Å². The van der Waals surface area contributed by atoms with Crippen LogP contribution in [-0.4, -0.2) is 34.9 Å². The van der Waals surface area contributed by atoms with Crippen LogP contribution < -0.4 is 9.47 Å². The molecule has 1 fully saturated rings. The maximum atomic E-state index is 12.3. The molecular formula is C17H19NO3S2. The highest BCUT2D eigenvalue weighted by Crippen LogP contribution is 2.34. The lowest BCUT2D eigenvalue weighted by atomic mass is 10.2. The molecule has 122 valence electrons. The van der Waals surface area contributed by atoms with Crippen LogP contribution >= 0.6 is 24.0 Å². The molecular weight excluding hydrogens is 330 g/mol. The van der Waals surface area contributed by atoms with Crippen LogP contribution in [0, 0.1) is 0 Å². The summed E-state index contributed by atoms with van der Waals surface area (Å²) >= 11 is 6.52. The molecule has 4 nitrogen and oxygen atoms in total. The Kier molecular flexibility index (Phi) is 5.85. The Morgan fingerprint density at radius 3 is 2.74 bits per heavy atom. The maximum Gasteiger partial charge on any atom is 0.266 e. The number of nitrogens with zero attached hydrogens (tertiary/aromatic N) is 1. The predicted molar refractivity (Wildman–Crippen MR) is 98.8 cm³/mol. The van der Waals surface area contributed by atoms with E-state index in [0.717, 1.165) is 5.56 Å². The molecule has 1 aromatic rings. The lowest BCUT2D eigenvalue weighted by Gasteiger charge is -2.14. The number of ether oxygens (including phenoxy) is 2. The van der Waals surface area contributed by atoms with E-state index < -0.39 is 0 Å². The van der Waals surface area contributed by atoms with E-state index in [9.17, 15) is 4.79 Å². The van der Waals surface area contributed by atoms with Crippen molar-refractivity contribution in [1.82, 2.24) is 4.90 Å². The number of carbonyl (C=O) groups excluding carboxylic acids is 1. The lowest BCUT2D eigenvalue weighted by molar-refractivity contribution is -0.121. The monoisotopic (exact) mass is 349 g/mol. The highest BCUT2D eigenvalue weighted by Gasteiger charge is 2.30. The Morgan fingerprint density at radius 1 is 1.39 bits per heavy atom. The molecule has 0 saturated carbocycles. The molecule has 0 N–H and O–H groups in total. The first-order valence-electron chi connectivity index (χ1n) is 7.17. The van der Waals surface area contributed by atoms with Crippen molar-refractivity contribution in [1.29, 1.82) is 0 Å². The molecule has 0 spiro atoms. The normalized spacial score (nSPS) is 16.3. The van der Waals surface area contributed by atoms with Crippen LogP contribution in [0.25, 0.3) is 6.08 Å². The van der Waals surface area contributed by atoms with Gasteiger partial charge < -0.3 is 9.47 Å². The molecule has 0 unspecified atom stereocenters. The van der Waals surface area contributed by atoms with E-state index in [1.807, 2.05) is 38.1 Å². The Labute approximate surface area is 146 Å². The van der Waals surface area contributed by atoms with Crippen LogP contribution in [0.15, 0.2) is 35.8 Å². The number of hydrogen-bond donors (Lipinski definition) is 0. The molecule has 1 heterocycles. The molecule has 0 atom stereocenters. The molecule has 1 aliphatic heterocycles. The maximum absolute atomic E-state index is 12.3. The van der Waals surface area contributed by atoms with Crippen LogP contribution in [0.4, 0.5) is 0 Å². The third-order valence-corrected chi connectivity index (χ3v) is 4.41. The van der Waals surface area contributed by atoms with Gasteiger partial charge in [-0.25, -0.2) is 0 Å². The summed E-state index contributed by atoms with van der Waals surface area (Å²) in [5.41, 5.74) is 0.858. The van der Waals surface area contributed by atoms with Gasteiger partial charge in [-0.2, -0.15) is 0 Å². The summed E-state index contributed by atoms with van der Waals surface area (Å²) in [5, 5.41) is 0. The molecule has 0 aliphatic carbocycles. The average Bonchev–Trinajstić information content (AvgIpc) is 2.76. The zero-order chi connectivity index (χ0) is 17.0. The van der Waals surface area contributed by atoms with E-state index in [1.54, 1.807) is 13.2 Å². The third kappa shape index (κ3) is 4.14. The van der Waals surface area contributed by atoms with Crippen LogP contribution in [0.1, 0.15) is 19.4 Å². The smallest absolute Gasteiger partial charge is 0.266 e. The minimum Gasteiger partial charge on any atom is -0.493 e. The summed E-state index contributed by atoms with van der Waals surface area (Å²) in [4.78, 5) is 14.5. The first kappa shape index (κ1) is 17.6. The van der Waals surface area contributed by atoms with Crippen molar-refractivity contribution in [3.05, 3.63) is 41.3 Å². The van der Waals surface area contributed by atoms with E-state index in [4.69, 9.17) is 21.7 Å². The van der Waals surface area contributed by atoms with Gasteiger partial charge in [0.2, 0.25) is 0 Å². The number of thiocarbonyl (C=S) groups is 1. The summed E-state index contributed by atoms with van der Waals surface area (Å²) in [5.74, 6) is 1.22. The number of amides is 1. The lowest BCUT2D eigenvalue weighted by Crippen LogP contribution is -2.27. The molecule has 1 aliphatic rings. The third-order valence-electron chi connectivity index (χ3n) is 3.03. The summed E-state index contributed by atoms with van der Waals surface area (Å²) in [6, 6.07) is 5.58. The van der Waals surface area contributed by atoms with E-state index in [-0.39, 0.29) is 12.0 Å². The Morgan fingerprint density at radius 2 is 2.13 bits per heavy atom. The fraction of sp³-hybridized carbons (Fsp3) is 0.294. The molecule has 1 saturated heterocycles. The average molecular weight is 349 g/mol. The molecule has 0 radical (unpaired) electrons. The quantitative estimate of drug-likeness (QED) is 0.443. The first-order valence-corrected chi connectivity index (χ1v) is 8.39. The number of methoxy groups -OCH3 is 1.